The fraction of sp³-hybridized carbons (Fsp3) is 0.136. The van der Waals surface area contributed by atoms with Crippen LogP contribution in [0.4, 0.5) is 18.9 Å². The predicted molar refractivity (Wildman–Crippen MR) is 119 cm³/mol. The maximum Gasteiger partial charge on any atom is 0.416 e. The third kappa shape index (κ3) is 6.53. The first-order chi connectivity index (χ1) is 17.4. The van der Waals surface area contributed by atoms with Gasteiger partial charge < -0.3 is 4.74 Å². The highest BCUT2D eigenvalue weighted by atomic mass is 19.4. The van der Waals surface area contributed by atoms with Crippen LogP contribution in [0.5, 0.6) is 0 Å². The summed E-state index contributed by atoms with van der Waals surface area (Å²) in [6.45, 7) is 0.447. The van der Waals surface area contributed by atoms with Crippen LogP contribution in [0.25, 0.3) is 5.69 Å². The number of carbonyl (C=O) groups excluding carboxylic acids is 3. The maximum atomic E-state index is 13.0. The number of nitro benzene ring substituents is 1. The summed E-state index contributed by atoms with van der Waals surface area (Å²) in [6.07, 6.45) is -4.63. The number of esters is 1. The van der Waals surface area contributed by atoms with E-state index in [1.165, 1.54) is 13.0 Å². The Morgan fingerprint density at radius 3 is 2.38 bits per heavy atom. The number of carbonyl (C=O) groups is 3. The number of halogens is 3. The average Bonchev–Trinajstić information content (AvgIpc) is 2.85. The first kappa shape index (κ1) is 26.5. The van der Waals surface area contributed by atoms with Crippen molar-refractivity contribution in [2.75, 3.05) is 6.61 Å². The summed E-state index contributed by atoms with van der Waals surface area (Å²) in [5.74, 6) is -3.16. The van der Waals surface area contributed by atoms with Gasteiger partial charge in [-0.05, 0) is 37.3 Å². The first-order valence-electron chi connectivity index (χ1n) is 10.2. The second kappa shape index (κ2) is 10.7. The standard InChI is InChI=1S/C22H16F3N5O7/c1-12-9-17(31)19(28-29(12)16-4-2-3-14(10-16)22(23,24)25)21(34)37-11-18(32)26-27-20(33)13-5-7-15(8-6-13)30(35)36/h2-10H,11H2,1H3,(H,26,32)(H,27,33). The summed E-state index contributed by atoms with van der Waals surface area (Å²) in [5.41, 5.74) is 1.10. The van der Waals surface area contributed by atoms with Crippen molar-refractivity contribution in [1.29, 1.82) is 0 Å². The quantitative estimate of drug-likeness (QED) is 0.284. The molecular formula is C22H16F3N5O7. The second-order valence-corrected chi connectivity index (χ2v) is 7.34. The number of hydrogen-bond acceptors (Lipinski definition) is 8. The lowest BCUT2D eigenvalue weighted by atomic mass is 10.2. The number of alkyl halides is 3. The number of nitrogens with zero attached hydrogens (tertiary/aromatic N) is 3. The normalized spacial score (nSPS) is 10.9. The van der Waals surface area contributed by atoms with Crippen LogP contribution >= 0.6 is 0 Å². The fourth-order valence-corrected chi connectivity index (χ4v) is 2.93. The molecule has 0 fully saturated rings. The molecule has 0 atom stereocenters. The predicted octanol–water partition coefficient (Wildman–Crippen LogP) is 2.09. The van der Waals surface area contributed by atoms with Gasteiger partial charge in [0.15, 0.2) is 6.61 Å². The number of nitrogens with one attached hydrogen (secondary N) is 2. The molecule has 3 aromatic rings. The molecule has 192 valence electrons. The molecule has 0 unspecified atom stereocenters. The van der Waals surface area contributed by atoms with Gasteiger partial charge in [-0.2, -0.15) is 18.3 Å². The summed E-state index contributed by atoms with van der Waals surface area (Å²) in [5, 5.41) is 14.4. The highest BCUT2D eigenvalue weighted by molar-refractivity contribution is 5.96. The van der Waals surface area contributed by atoms with E-state index < -0.39 is 52.2 Å². The third-order valence-corrected chi connectivity index (χ3v) is 4.71. The minimum atomic E-state index is -4.63. The molecule has 3 rings (SSSR count). The molecule has 0 radical (unpaired) electrons. The minimum absolute atomic E-state index is 0.0121. The summed E-state index contributed by atoms with van der Waals surface area (Å²) in [6, 6.07) is 9.47. The molecule has 2 N–H and O–H groups in total. The largest absolute Gasteiger partial charge is 0.451 e. The van der Waals surface area contributed by atoms with E-state index in [-0.39, 0.29) is 22.6 Å². The van der Waals surface area contributed by atoms with Crippen LogP contribution < -0.4 is 16.3 Å². The smallest absolute Gasteiger partial charge is 0.416 e. The van der Waals surface area contributed by atoms with Crippen LogP contribution in [0.1, 0.15) is 32.1 Å². The number of hydrogen-bond donors (Lipinski definition) is 2. The van der Waals surface area contributed by atoms with Gasteiger partial charge in [0.2, 0.25) is 11.1 Å². The first-order valence-corrected chi connectivity index (χ1v) is 10.2. The number of aromatic nitrogens is 2. The number of aryl methyl sites for hydroxylation is 1. The van der Waals surface area contributed by atoms with E-state index >= 15 is 0 Å². The van der Waals surface area contributed by atoms with Crippen LogP contribution in [0.3, 0.4) is 0 Å². The Morgan fingerprint density at radius 1 is 1.08 bits per heavy atom. The van der Waals surface area contributed by atoms with E-state index in [1.807, 2.05) is 10.9 Å². The van der Waals surface area contributed by atoms with Crippen LogP contribution in [0.15, 0.2) is 59.4 Å². The Morgan fingerprint density at radius 2 is 1.76 bits per heavy atom. The Bertz CT molecular complexity index is 1440. The summed E-state index contributed by atoms with van der Waals surface area (Å²) in [4.78, 5) is 58.5. The zero-order chi connectivity index (χ0) is 27.3. The summed E-state index contributed by atoms with van der Waals surface area (Å²) < 4.78 is 44.8. The van der Waals surface area contributed by atoms with Crippen LogP contribution in [0, 0.1) is 17.0 Å². The minimum Gasteiger partial charge on any atom is -0.451 e. The number of non-ortho nitro benzene ring substituents is 1. The molecule has 0 aliphatic carbocycles. The van der Waals surface area contributed by atoms with E-state index in [0.29, 0.717) is 0 Å². The molecule has 1 aromatic heterocycles. The maximum absolute atomic E-state index is 13.0. The average molecular weight is 519 g/mol. The lowest BCUT2D eigenvalue weighted by Gasteiger charge is -2.13. The van der Waals surface area contributed by atoms with Crippen molar-refractivity contribution in [3.8, 4) is 5.69 Å². The zero-order valence-electron chi connectivity index (χ0n) is 18.7. The molecule has 0 aliphatic rings. The number of nitro groups is 1. The highest BCUT2D eigenvalue weighted by Gasteiger charge is 2.30. The van der Waals surface area contributed by atoms with Crippen molar-refractivity contribution in [3.05, 3.63) is 97.4 Å². The van der Waals surface area contributed by atoms with Crippen LogP contribution in [-0.2, 0) is 15.7 Å². The molecule has 37 heavy (non-hydrogen) atoms. The number of amides is 2. The Kier molecular flexibility index (Phi) is 7.65. The Hall–Kier alpha value is -5.08. The van der Waals surface area contributed by atoms with Gasteiger partial charge in [0, 0.05) is 29.5 Å². The third-order valence-electron chi connectivity index (χ3n) is 4.71. The summed E-state index contributed by atoms with van der Waals surface area (Å²) >= 11 is 0. The van der Waals surface area contributed by atoms with Gasteiger partial charge in [0.05, 0.1) is 16.2 Å². The van der Waals surface area contributed by atoms with Crippen molar-refractivity contribution in [3.63, 3.8) is 0 Å². The van der Waals surface area contributed by atoms with Crippen molar-refractivity contribution in [1.82, 2.24) is 20.6 Å². The van der Waals surface area contributed by atoms with E-state index in [9.17, 15) is 42.5 Å². The Balaban J connectivity index is 1.65. The number of hydrazine groups is 1. The van der Waals surface area contributed by atoms with Crippen molar-refractivity contribution >= 4 is 23.5 Å². The molecule has 0 saturated heterocycles. The van der Waals surface area contributed by atoms with Gasteiger partial charge in [-0.3, -0.25) is 35.3 Å². The molecule has 0 bridgehead atoms. The molecule has 0 spiro atoms. The molecule has 2 amide bonds. The van der Waals surface area contributed by atoms with Gasteiger partial charge in [-0.15, -0.1) is 0 Å². The van der Waals surface area contributed by atoms with Gasteiger partial charge in [-0.25, -0.2) is 9.48 Å². The highest BCUT2D eigenvalue weighted by Crippen LogP contribution is 2.30. The van der Waals surface area contributed by atoms with E-state index in [2.05, 4.69) is 5.10 Å². The molecule has 0 aliphatic heterocycles. The van der Waals surface area contributed by atoms with Gasteiger partial charge >= 0.3 is 12.1 Å². The molecule has 1 heterocycles. The van der Waals surface area contributed by atoms with E-state index in [1.54, 1.807) is 0 Å². The molecule has 2 aromatic carbocycles. The summed E-state index contributed by atoms with van der Waals surface area (Å²) in [7, 11) is 0. The van der Waals surface area contributed by atoms with Gasteiger partial charge in [-0.1, -0.05) is 6.07 Å². The number of rotatable bonds is 6. The Labute approximate surface area is 204 Å². The SMILES string of the molecule is Cc1cc(=O)c(C(=O)OCC(=O)NNC(=O)c2ccc([N+](=O)[O-])cc2)nn1-c1cccc(C(F)(F)F)c1. The van der Waals surface area contributed by atoms with E-state index in [0.717, 1.165) is 53.2 Å². The van der Waals surface area contributed by atoms with Gasteiger partial charge in [0.25, 0.3) is 17.5 Å². The topological polar surface area (TPSA) is 163 Å². The molecule has 0 saturated carbocycles. The monoisotopic (exact) mass is 519 g/mol. The fourth-order valence-electron chi connectivity index (χ4n) is 2.93. The lowest BCUT2D eigenvalue weighted by Crippen LogP contribution is -2.43. The number of ether oxygens (including phenoxy) is 1. The zero-order valence-corrected chi connectivity index (χ0v) is 18.7. The van der Waals surface area contributed by atoms with Crippen LogP contribution in [0.2, 0.25) is 0 Å². The van der Waals surface area contributed by atoms with Crippen molar-refractivity contribution < 1.29 is 37.2 Å². The molecule has 12 nitrogen and oxygen atoms in total. The lowest BCUT2D eigenvalue weighted by molar-refractivity contribution is -0.384. The van der Waals surface area contributed by atoms with Crippen molar-refractivity contribution in [2.45, 2.75) is 13.1 Å². The molecule has 15 heteroatoms. The second-order valence-electron chi connectivity index (χ2n) is 7.34. The van der Waals surface area contributed by atoms with Crippen molar-refractivity contribution in [2.24, 2.45) is 0 Å². The molecular weight excluding hydrogens is 503 g/mol. The van der Waals surface area contributed by atoms with E-state index in [4.69, 9.17) is 4.74 Å². The van der Waals surface area contributed by atoms with Crippen LogP contribution in [-0.4, -0.2) is 39.1 Å². The van der Waals surface area contributed by atoms with Gasteiger partial charge in [0.1, 0.15) is 0 Å². The number of benzene rings is 2.